The summed E-state index contributed by atoms with van der Waals surface area (Å²) in [5.41, 5.74) is 12.0. The fraction of sp³-hybridized carbons (Fsp3) is 0.560. The van der Waals surface area contributed by atoms with Crippen molar-refractivity contribution in [2.45, 2.75) is 76.5 Å². The Labute approximate surface area is 211 Å². The van der Waals surface area contributed by atoms with Gasteiger partial charge in [-0.25, -0.2) is 4.79 Å². The van der Waals surface area contributed by atoms with Gasteiger partial charge in [-0.1, -0.05) is 50.6 Å². The molecule has 4 amide bonds. The van der Waals surface area contributed by atoms with Gasteiger partial charge in [-0.05, 0) is 30.7 Å². The van der Waals surface area contributed by atoms with Crippen LogP contribution in [0, 0.1) is 5.92 Å². The lowest BCUT2D eigenvalue weighted by molar-refractivity contribution is -0.143. The Morgan fingerprint density at radius 1 is 1.11 bits per heavy atom. The number of hydrogen-bond donors (Lipinski definition) is 5. The fourth-order valence-electron chi connectivity index (χ4n) is 4.14. The van der Waals surface area contributed by atoms with E-state index in [0.29, 0.717) is 31.4 Å². The van der Waals surface area contributed by atoms with Crippen LogP contribution in [0.25, 0.3) is 0 Å². The number of rotatable bonds is 13. The van der Waals surface area contributed by atoms with Gasteiger partial charge in [-0.15, -0.1) is 0 Å². The molecule has 0 radical (unpaired) electrons. The molecule has 0 saturated carbocycles. The molecule has 1 saturated heterocycles. The summed E-state index contributed by atoms with van der Waals surface area (Å²) in [6.45, 7) is 4.17. The molecule has 1 heterocycles. The van der Waals surface area contributed by atoms with E-state index in [2.05, 4.69) is 10.6 Å². The highest BCUT2D eigenvalue weighted by molar-refractivity contribution is 5.94. The van der Waals surface area contributed by atoms with Crippen LogP contribution in [0.3, 0.4) is 0 Å². The standard InChI is InChI=1S/C25H37N5O6/c1-3-15(2)21(27)24(34)30-13-7-10-19(30)23(33)28-17(11-12-20(26)31)22(32)29-18(25(35)36)14-16-8-5-4-6-9-16/h4-6,8-9,15,17-19,21H,3,7,10-14,27H2,1-2H3,(H2,26,31)(H,28,33)(H,29,32)(H,35,36). The second-order valence-corrected chi connectivity index (χ2v) is 9.26. The van der Waals surface area contributed by atoms with Crippen LogP contribution in [-0.2, 0) is 30.4 Å². The molecule has 36 heavy (non-hydrogen) atoms. The van der Waals surface area contributed by atoms with Gasteiger partial charge in [0.15, 0.2) is 0 Å². The Balaban J connectivity index is 2.13. The predicted octanol–water partition coefficient (Wildman–Crippen LogP) is -0.0868. The zero-order valence-corrected chi connectivity index (χ0v) is 20.8. The fourth-order valence-corrected chi connectivity index (χ4v) is 4.14. The summed E-state index contributed by atoms with van der Waals surface area (Å²) in [6, 6.07) is 4.79. The van der Waals surface area contributed by atoms with Crippen LogP contribution < -0.4 is 22.1 Å². The summed E-state index contributed by atoms with van der Waals surface area (Å²) in [5, 5.41) is 14.7. The predicted molar refractivity (Wildman–Crippen MR) is 132 cm³/mol. The number of carboxylic acids is 1. The molecule has 1 aliphatic rings. The van der Waals surface area contributed by atoms with E-state index in [0.717, 1.165) is 0 Å². The summed E-state index contributed by atoms with van der Waals surface area (Å²) in [5.74, 6) is -3.60. The van der Waals surface area contributed by atoms with Crippen molar-refractivity contribution in [3.05, 3.63) is 35.9 Å². The zero-order valence-electron chi connectivity index (χ0n) is 20.8. The van der Waals surface area contributed by atoms with Crippen LogP contribution >= 0.6 is 0 Å². The SMILES string of the molecule is CCC(C)C(N)C(=O)N1CCCC1C(=O)NC(CCC(N)=O)C(=O)NC(Cc1ccccc1)C(=O)O. The molecule has 0 bridgehead atoms. The van der Waals surface area contributed by atoms with E-state index >= 15 is 0 Å². The van der Waals surface area contributed by atoms with Crippen molar-refractivity contribution in [3.8, 4) is 0 Å². The van der Waals surface area contributed by atoms with Gasteiger partial charge in [0.2, 0.25) is 23.6 Å². The first-order chi connectivity index (χ1) is 17.0. The maximum atomic E-state index is 13.1. The van der Waals surface area contributed by atoms with E-state index in [4.69, 9.17) is 11.5 Å². The Bertz CT molecular complexity index is 940. The van der Waals surface area contributed by atoms with E-state index in [9.17, 15) is 29.1 Å². The first kappa shape index (κ1) is 28.8. The third-order valence-electron chi connectivity index (χ3n) is 6.59. The van der Waals surface area contributed by atoms with Gasteiger partial charge in [-0.2, -0.15) is 0 Å². The number of amides is 4. The lowest BCUT2D eigenvalue weighted by atomic mass is 9.98. The molecule has 0 aliphatic carbocycles. The first-order valence-electron chi connectivity index (χ1n) is 12.3. The van der Waals surface area contributed by atoms with Crippen molar-refractivity contribution >= 4 is 29.6 Å². The number of carbonyl (C=O) groups is 5. The molecule has 1 aromatic carbocycles. The maximum absolute atomic E-state index is 13.1. The Hall–Kier alpha value is -3.47. The average molecular weight is 504 g/mol. The second kappa shape index (κ2) is 13.6. The molecular weight excluding hydrogens is 466 g/mol. The van der Waals surface area contributed by atoms with Gasteiger partial charge >= 0.3 is 5.97 Å². The van der Waals surface area contributed by atoms with Crippen molar-refractivity contribution in [1.82, 2.24) is 15.5 Å². The monoisotopic (exact) mass is 503 g/mol. The Morgan fingerprint density at radius 2 is 1.78 bits per heavy atom. The molecule has 0 aromatic heterocycles. The number of nitrogens with one attached hydrogen (secondary N) is 2. The molecule has 5 unspecified atom stereocenters. The molecule has 11 heteroatoms. The maximum Gasteiger partial charge on any atom is 0.326 e. The minimum absolute atomic E-state index is 0.0385. The highest BCUT2D eigenvalue weighted by Gasteiger charge is 2.38. The van der Waals surface area contributed by atoms with Gasteiger partial charge in [-0.3, -0.25) is 19.2 Å². The minimum atomic E-state index is -1.24. The lowest BCUT2D eigenvalue weighted by Gasteiger charge is -2.30. The van der Waals surface area contributed by atoms with Crippen LogP contribution in [0.5, 0.6) is 0 Å². The molecule has 7 N–H and O–H groups in total. The largest absolute Gasteiger partial charge is 0.480 e. The van der Waals surface area contributed by atoms with E-state index in [1.54, 1.807) is 30.3 Å². The van der Waals surface area contributed by atoms with Crippen molar-refractivity contribution in [2.75, 3.05) is 6.54 Å². The first-order valence-corrected chi connectivity index (χ1v) is 12.3. The van der Waals surface area contributed by atoms with Crippen LogP contribution in [0.15, 0.2) is 30.3 Å². The smallest absolute Gasteiger partial charge is 0.326 e. The van der Waals surface area contributed by atoms with E-state index in [-0.39, 0.29) is 31.1 Å². The van der Waals surface area contributed by atoms with Crippen LogP contribution in [0.2, 0.25) is 0 Å². The number of likely N-dealkylation sites (tertiary alicyclic amines) is 1. The van der Waals surface area contributed by atoms with Crippen molar-refractivity contribution in [1.29, 1.82) is 0 Å². The zero-order chi connectivity index (χ0) is 26.8. The topological polar surface area (TPSA) is 185 Å². The summed E-state index contributed by atoms with van der Waals surface area (Å²) >= 11 is 0. The van der Waals surface area contributed by atoms with Crippen molar-refractivity contribution < 1.29 is 29.1 Å². The number of nitrogens with two attached hydrogens (primary N) is 2. The van der Waals surface area contributed by atoms with E-state index in [1.807, 2.05) is 13.8 Å². The molecule has 5 atom stereocenters. The summed E-state index contributed by atoms with van der Waals surface area (Å²) < 4.78 is 0. The highest BCUT2D eigenvalue weighted by Crippen LogP contribution is 2.21. The van der Waals surface area contributed by atoms with Gasteiger partial charge < -0.3 is 32.1 Å². The quantitative estimate of drug-likeness (QED) is 0.249. The number of primary amides is 1. The molecule has 11 nitrogen and oxygen atoms in total. The number of carboxylic acid groups (broad SMARTS) is 1. The number of hydrogen-bond acceptors (Lipinski definition) is 6. The number of nitrogens with zero attached hydrogens (tertiary/aromatic N) is 1. The summed E-state index contributed by atoms with van der Waals surface area (Å²) in [7, 11) is 0. The molecule has 2 rings (SSSR count). The Morgan fingerprint density at radius 3 is 2.36 bits per heavy atom. The van der Waals surface area contributed by atoms with Crippen LogP contribution in [-0.4, -0.2) is 70.3 Å². The van der Waals surface area contributed by atoms with E-state index < -0.39 is 47.9 Å². The number of carbonyl (C=O) groups excluding carboxylic acids is 4. The molecular formula is C25H37N5O6. The molecule has 1 aliphatic heterocycles. The third-order valence-corrected chi connectivity index (χ3v) is 6.59. The number of benzene rings is 1. The van der Waals surface area contributed by atoms with E-state index in [1.165, 1.54) is 4.90 Å². The van der Waals surface area contributed by atoms with Gasteiger partial charge in [0.1, 0.15) is 18.1 Å². The average Bonchev–Trinajstić information content (AvgIpc) is 3.35. The van der Waals surface area contributed by atoms with Gasteiger partial charge in [0.25, 0.3) is 0 Å². The summed E-state index contributed by atoms with van der Waals surface area (Å²) in [4.78, 5) is 63.6. The Kier molecular flexibility index (Phi) is 10.8. The minimum Gasteiger partial charge on any atom is -0.480 e. The number of aliphatic carboxylic acids is 1. The van der Waals surface area contributed by atoms with Crippen LogP contribution in [0.1, 0.15) is 51.5 Å². The molecule has 0 spiro atoms. The normalized spacial score (nSPS) is 18.5. The third kappa shape index (κ3) is 8.04. The lowest BCUT2D eigenvalue weighted by Crippen LogP contribution is -2.57. The van der Waals surface area contributed by atoms with Crippen molar-refractivity contribution in [3.63, 3.8) is 0 Å². The highest BCUT2D eigenvalue weighted by atomic mass is 16.4. The molecule has 1 fully saturated rings. The van der Waals surface area contributed by atoms with Crippen LogP contribution in [0.4, 0.5) is 0 Å². The molecule has 198 valence electrons. The molecule has 1 aromatic rings. The van der Waals surface area contributed by atoms with Gasteiger partial charge in [0.05, 0.1) is 6.04 Å². The van der Waals surface area contributed by atoms with Gasteiger partial charge in [0, 0.05) is 19.4 Å². The summed E-state index contributed by atoms with van der Waals surface area (Å²) in [6.07, 6.45) is 1.45. The second-order valence-electron chi connectivity index (χ2n) is 9.26. The van der Waals surface area contributed by atoms with Crippen molar-refractivity contribution in [2.24, 2.45) is 17.4 Å².